The fraction of sp³-hybridized carbons (Fsp3) is 0.300. The van der Waals surface area contributed by atoms with E-state index in [0.29, 0.717) is 0 Å². The standard InChI is InChI=1S/C10H10BrClO4/c11-4-7(13)9(14)5-2-1-3-6(12)8(5)10(15)16/h1-3,7,9,13-14H,4H2,(H,15,16). The van der Waals surface area contributed by atoms with Crippen LogP contribution in [-0.2, 0) is 0 Å². The van der Waals surface area contributed by atoms with Crippen LogP contribution in [0.15, 0.2) is 18.2 Å². The van der Waals surface area contributed by atoms with Crippen molar-refractivity contribution in [3.8, 4) is 0 Å². The Morgan fingerprint density at radius 3 is 2.56 bits per heavy atom. The average molecular weight is 310 g/mol. The van der Waals surface area contributed by atoms with Crippen molar-refractivity contribution in [2.75, 3.05) is 5.33 Å². The molecule has 0 saturated carbocycles. The van der Waals surface area contributed by atoms with Crippen molar-refractivity contribution >= 4 is 33.5 Å². The van der Waals surface area contributed by atoms with Gasteiger partial charge in [-0.2, -0.15) is 0 Å². The number of carbonyl (C=O) groups is 1. The summed E-state index contributed by atoms with van der Waals surface area (Å²) in [4.78, 5) is 11.0. The smallest absolute Gasteiger partial charge is 0.337 e. The first kappa shape index (κ1) is 13.4. The first-order valence-electron chi connectivity index (χ1n) is 4.42. The van der Waals surface area contributed by atoms with Gasteiger partial charge in [0.1, 0.15) is 6.10 Å². The maximum Gasteiger partial charge on any atom is 0.337 e. The van der Waals surface area contributed by atoms with Crippen LogP contribution in [0.3, 0.4) is 0 Å². The Morgan fingerprint density at radius 1 is 1.44 bits per heavy atom. The van der Waals surface area contributed by atoms with Gasteiger partial charge in [-0.3, -0.25) is 0 Å². The summed E-state index contributed by atoms with van der Waals surface area (Å²) in [5.41, 5.74) is -0.0800. The summed E-state index contributed by atoms with van der Waals surface area (Å²) in [5, 5.41) is 28.3. The Bertz CT molecular complexity index is 396. The lowest BCUT2D eigenvalue weighted by molar-refractivity contribution is 0.0328. The summed E-state index contributed by atoms with van der Waals surface area (Å²) in [5.74, 6) is -1.23. The van der Waals surface area contributed by atoms with Crippen LogP contribution in [0.2, 0.25) is 5.02 Å². The van der Waals surface area contributed by atoms with Gasteiger partial charge in [0, 0.05) is 5.33 Å². The van der Waals surface area contributed by atoms with E-state index >= 15 is 0 Å². The predicted octanol–water partition coefficient (Wildman–Crippen LogP) is 1.83. The monoisotopic (exact) mass is 308 g/mol. The van der Waals surface area contributed by atoms with Gasteiger partial charge in [-0.15, -0.1) is 0 Å². The predicted molar refractivity (Wildman–Crippen MR) is 63.2 cm³/mol. The van der Waals surface area contributed by atoms with Gasteiger partial charge in [0.05, 0.1) is 16.7 Å². The van der Waals surface area contributed by atoms with E-state index in [0.717, 1.165) is 0 Å². The number of carboxylic acid groups (broad SMARTS) is 1. The Labute approximate surface area is 106 Å². The summed E-state index contributed by atoms with van der Waals surface area (Å²) in [6.45, 7) is 0. The summed E-state index contributed by atoms with van der Waals surface area (Å²) in [6, 6.07) is 4.36. The molecule has 0 amide bonds. The quantitative estimate of drug-likeness (QED) is 0.742. The summed E-state index contributed by atoms with van der Waals surface area (Å²) in [7, 11) is 0. The minimum Gasteiger partial charge on any atom is -0.478 e. The highest BCUT2D eigenvalue weighted by Crippen LogP contribution is 2.27. The number of hydrogen-bond acceptors (Lipinski definition) is 3. The Hall–Kier alpha value is -0.620. The van der Waals surface area contributed by atoms with Crippen molar-refractivity contribution < 1.29 is 20.1 Å². The molecule has 1 rings (SSSR count). The molecule has 6 heteroatoms. The molecule has 0 aliphatic rings. The lowest BCUT2D eigenvalue weighted by atomic mass is 9.99. The number of rotatable bonds is 4. The van der Waals surface area contributed by atoms with E-state index in [1.54, 1.807) is 0 Å². The Morgan fingerprint density at radius 2 is 2.06 bits per heavy atom. The van der Waals surface area contributed by atoms with Crippen LogP contribution in [0, 0.1) is 0 Å². The van der Waals surface area contributed by atoms with Gasteiger partial charge in [0.2, 0.25) is 0 Å². The first-order valence-corrected chi connectivity index (χ1v) is 5.92. The largest absolute Gasteiger partial charge is 0.478 e. The van der Waals surface area contributed by atoms with Crippen LogP contribution in [0.25, 0.3) is 0 Å². The summed E-state index contributed by atoms with van der Waals surface area (Å²) >= 11 is 8.73. The summed E-state index contributed by atoms with van der Waals surface area (Å²) in [6.07, 6.45) is -2.37. The topological polar surface area (TPSA) is 77.8 Å². The molecule has 0 saturated heterocycles. The third-order valence-corrected chi connectivity index (χ3v) is 3.08. The molecule has 3 N–H and O–H groups in total. The Balaban J connectivity index is 3.22. The zero-order valence-corrected chi connectivity index (χ0v) is 10.4. The minimum atomic E-state index is -1.29. The maximum absolute atomic E-state index is 11.0. The maximum atomic E-state index is 11.0. The SMILES string of the molecule is O=C(O)c1c(Cl)cccc1C(O)C(O)CBr. The number of carboxylic acids is 1. The van der Waals surface area contributed by atoms with Crippen LogP contribution >= 0.6 is 27.5 Å². The summed E-state index contributed by atoms with van der Waals surface area (Å²) < 4.78 is 0. The van der Waals surface area contributed by atoms with Gasteiger partial charge in [-0.1, -0.05) is 39.7 Å². The molecule has 0 radical (unpaired) electrons. The molecule has 0 heterocycles. The number of aliphatic hydroxyl groups is 2. The lowest BCUT2D eigenvalue weighted by Crippen LogP contribution is -2.22. The highest BCUT2D eigenvalue weighted by molar-refractivity contribution is 9.09. The van der Waals surface area contributed by atoms with Gasteiger partial charge in [-0.05, 0) is 11.6 Å². The third-order valence-electron chi connectivity index (χ3n) is 2.10. The molecule has 4 nitrogen and oxygen atoms in total. The number of aromatic carboxylic acids is 1. The normalized spacial score (nSPS) is 14.5. The number of alkyl halides is 1. The molecule has 0 aliphatic heterocycles. The molecule has 1 aromatic rings. The van der Waals surface area contributed by atoms with Gasteiger partial charge < -0.3 is 15.3 Å². The van der Waals surface area contributed by atoms with Gasteiger partial charge in [0.25, 0.3) is 0 Å². The first-order chi connectivity index (χ1) is 7.49. The highest BCUT2D eigenvalue weighted by atomic mass is 79.9. The van der Waals surface area contributed by atoms with Crippen LogP contribution in [0.1, 0.15) is 22.0 Å². The number of halogens is 2. The molecule has 0 spiro atoms. The number of benzene rings is 1. The molecule has 0 fully saturated rings. The van der Waals surface area contributed by atoms with E-state index in [2.05, 4.69) is 15.9 Å². The van der Waals surface area contributed by atoms with Crippen molar-refractivity contribution in [1.29, 1.82) is 0 Å². The average Bonchev–Trinajstić information content (AvgIpc) is 2.26. The van der Waals surface area contributed by atoms with E-state index in [4.69, 9.17) is 16.7 Å². The molecule has 88 valence electrons. The molecule has 0 aromatic heterocycles. The van der Waals surface area contributed by atoms with Crippen LogP contribution in [-0.4, -0.2) is 32.7 Å². The second-order valence-electron chi connectivity index (χ2n) is 3.18. The second-order valence-corrected chi connectivity index (χ2v) is 4.23. The molecule has 16 heavy (non-hydrogen) atoms. The van der Waals surface area contributed by atoms with Crippen molar-refractivity contribution in [3.63, 3.8) is 0 Å². The lowest BCUT2D eigenvalue weighted by Gasteiger charge is -2.18. The van der Waals surface area contributed by atoms with Crippen molar-refractivity contribution in [2.24, 2.45) is 0 Å². The highest BCUT2D eigenvalue weighted by Gasteiger charge is 2.24. The van der Waals surface area contributed by atoms with E-state index in [1.165, 1.54) is 18.2 Å². The van der Waals surface area contributed by atoms with E-state index in [1.807, 2.05) is 0 Å². The van der Waals surface area contributed by atoms with Gasteiger partial charge in [-0.25, -0.2) is 4.79 Å². The zero-order chi connectivity index (χ0) is 12.3. The van der Waals surface area contributed by atoms with Crippen LogP contribution < -0.4 is 0 Å². The van der Waals surface area contributed by atoms with Gasteiger partial charge in [0.15, 0.2) is 0 Å². The van der Waals surface area contributed by atoms with Crippen molar-refractivity contribution in [2.45, 2.75) is 12.2 Å². The molecule has 2 unspecified atom stereocenters. The minimum absolute atomic E-state index is 0.0332. The fourth-order valence-corrected chi connectivity index (χ4v) is 1.92. The fourth-order valence-electron chi connectivity index (χ4n) is 1.30. The van der Waals surface area contributed by atoms with Crippen LogP contribution in [0.4, 0.5) is 0 Å². The van der Waals surface area contributed by atoms with Crippen molar-refractivity contribution in [1.82, 2.24) is 0 Å². The van der Waals surface area contributed by atoms with E-state index in [-0.39, 0.29) is 21.5 Å². The molecule has 1 aromatic carbocycles. The zero-order valence-electron chi connectivity index (χ0n) is 8.10. The molecule has 2 atom stereocenters. The number of hydrogen-bond donors (Lipinski definition) is 3. The Kier molecular flexibility index (Phi) is 4.73. The molecular formula is C10H10BrClO4. The van der Waals surface area contributed by atoms with Crippen LogP contribution in [0.5, 0.6) is 0 Å². The second kappa shape index (κ2) is 5.63. The molecule has 0 bridgehead atoms. The molecular weight excluding hydrogens is 299 g/mol. The number of aliphatic hydroxyl groups excluding tert-OH is 2. The third kappa shape index (κ3) is 2.74. The van der Waals surface area contributed by atoms with Crippen molar-refractivity contribution in [3.05, 3.63) is 34.3 Å². The van der Waals surface area contributed by atoms with E-state index < -0.39 is 18.2 Å². The molecule has 0 aliphatic carbocycles. The van der Waals surface area contributed by atoms with Gasteiger partial charge >= 0.3 is 5.97 Å². The van der Waals surface area contributed by atoms with E-state index in [9.17, 15) is 15.0 Å².